The summed E-state index contributed by atoms with van der Waals surface area (Å²) in [6.07, 6.45) is 3.66. The Bertz CT molecular complexity index is 968. The molecule has 3 rings (SSSR count). The number of fused-ring (bicyclic) bond motifs is 1. The lowest BCUT2D eigenvalue weighted by Crippen LogP contribution is -2.25. The molecule has 2 unspecified atom stereocenters. The standard InChI is InChI=1S/C22H23BrFNO4S.C2H6/c1-2-3-7-15-12-25(16-8-5-4-6-9-16)19-10-17(23)20(11-21(19)30(28)14-15)29-13-18(24)22(26)27;1-2/h4-6,8-11,13,15H,2-3,7,12,14H2,1H3,(H,26,27);1-2H3/b18-13-;. The first kappa shape index (κ1) is 26.1. The summed E-state index contributed by atoms with van der Waals surface area (Å²) in [5, 5.41) is 8.67. The van der Waals surface area contributed by atoms with Gasteiger partial charge in [-0.15, -0.1) is 0 Å². The first-order chi connectivity index (χ1) is 15.4. The van der Waals surface area contributed by atoms with Gasteiger partial charge in [-0.1, -0.05) is 51.8 Å². The van der Waals surface area contributed by atoms with E-state index in [4.69, 9.17) is 9.84 Å². The summed E-state index contributed by atoms with van der Waals surface area (Å²) in [5.41, 5.74) is 1.79. The van der Waals surface area contributed by atoms with E-state index < -0.39 is 22.6 Å². The number of anilines is 2. The maximum atomic E-state index is 13.3. The quantitative estimate of drug-likeness (QED) is 0.317. The third-order valence-corrected chi connectivity index (χ3v) is 7.12. The molecule has 1 heterocycles. The van der Waals surface area contributed by atoms with Crippen molar-refractivity contribution in [3.8, 4) is 5.75 Å². The van der Waals surface area contributed by atoms with Crippen LogP contribution in [-0.2, 0) is 15.6 Å². The molecule has 0 spiro atoms. The molecule has 2 aromatic carbocycles. The van der Waals surface area contributed by atoms with E-state index >= 15 is 0 Å². The van der Waals surface area contributed by atoms with Crippen molar-refractivity contribution in [2.45, 2.75) is 44.9 Å². The Balaban J connectivity index is 0.00000176. The largest absolute Gasteiger partial charge is 0.476 e. The molecule has 0 saturated carbocycles. The van der Waals surface area contributed by atoms with Gasteiger partial charge in [-0.25, -0.2) is 4.79 Å². The first-order valence-corrected chi connectivity index (χ1v) is 12.8. The minimum Gasteiger partial charge on any atom is -0.476 e. The van der Waals surface area contributed by atoms with Crippen LogP contribution in [-0.4, -0.2) is 27.6 Å². The van der Waals surface area contributed by atoms with E-state index in [0.29, 0.717) is 21.4 Å². The fourth-order valence-corrected chi connectivity index (χ4v) is 5.35. The smallest absolute Gasteiger partial charge is 0.368 e. The van der Waals surface area contributed by atoms with Crippen molar-refractivity contribution < 1.29 is 23.2 Å². The summed E-state index contributed by atoms with van der Waals surface area (Å²) < 4.78 is 32.3. The zero-order valence-corrected chi connectivity index (χ0v) is 20.9. The molecule has 0 bridgehead atoms. The van der Waals surface area contributed by atoms with Crippen LogP contribution in [0.25, 0.3) is 0 Å². The number of hydrogen-bond donors (Lipinski definition) is 1. The highest BCUT2D eigenvalue weighted by Crippen LogP contribution is 2.41. The number of benzene rings is 2. The molecule has 1 aliphatic heterocycles. The van der Waals surface area contributed by atoms with Gasteiger partial charge in [-0.3, -0.25) is 4.21 Å². The Morgan fingerprint density at radius 2 is 2.00 bits per heavy atom. The van der Waals surface area contributed by atoms with Crippen LogP contribution in [0.4, 0.5) is 15.8 Å². The summed E-state index contributed by atoms with van der Waals surface area (Å²) >= 11 is 3.42. The summed E-state index contributed by atoms with van der Waals surface area (Å²) in [7, 11) is -1.28. The van der Waals surface area contributed by atoms with E-state index in [1.54, 1.807) is 12.1 Å². The molecule has 0 amide bonds. The Labute approximate surface area is 199 Å². The molecular formula is C24H29BrFNO4S. The van der Waals surface area contributed by atoms with Crippen LogP contribution < -0.4 is 9.64 Å². The van der Waals surface area contributed by atoms with Crippen molar-refractivity contribution in [1.29, 1.82) is 0 Å². The van der Waals surface area contributed by atoms with Crippen molar-refractivity contribution in [2.24, 2.45) is 5.92 Å². The van der Waals surface area contributed by atoms with Gasteiger partial charge in [0.05, 0.1) is 25.9 Å². The second kappa shape index (κ2) is 12.7. The van der Waals surface area contributed by atoms with Gasteiger partial charge in [0.1, 0.15) is 12.0 Å². The molecule has 0 aliphatic carbocycles. The lowest BCUT2D eigenvalue weighted by atomic mass is 10.0. The number of halogens is 2. The molecule has 0 fully saturated rings. The number of carboxylic acids is 1. The Hall–Kier alpha value is -2.19. The SMILES string of the molecule is CC.CCCCC1CN(c2ccccc2)c2cc(Br)c(O/C=C(\F)C(=O)O)cc2S(=O)C1. The number of carboxylic acid groups (broad SMARTS) is 1. The monoisotopic (exact) mass is 525 g/mol. The Kier molecular flexibility index (Phi) is 10.4. The normalized spacial score (nSPS) is 18.2. The van der Waals surface area contributed by atoms with Gasteiger partial charge in [0, 0.05) is 24.1 Å². The lowest BCUT2D eigenvalue weighted by molar-refractivity contribution is -0.134. The van der Waals surface area contributed by atoms with Crippen molar-refractivity contribution in [3.05, 3.63) is 59.0 Å². The van der Waals surface area contributed by atoms with Gasteiger partial charge >= 0.3 is 5.97 Å². The molecule has 2 atom stereocenters. The zero-order chi connectivity index (χ0) is 23.7. The molecule has 5 nitrogen and oxygen atoms in total. The van der Waals surface area contributed by atoms with Crippen molar-refractivity contribution in [1.82, 2.24) is 0 Å². The number of aliphatic carboxylic acids is 1. The lowest BCUT2D eigenvalue weighted by Gasteiger charge is -2.28. The Morgan fingerprint density at radius 3 is 2.62 bits per heavy atom. The number of unbranched alkanes of at least 4 members (excludes halogenated alkanes) is 1. The molecular weight excluding hydrogens is 497 g/mol. The molecule has 1 N–H and O–H groups in total. The number of ether oxygens (including phenoxy) is 1. The van der Waals surface area contributed by atoms with Crippen LogP contribution in [0.15, 0.2) is 63.9 Å². The van der Waals surface area contributed by atoms with Crippen LogP contribution in [0.5, 0.6) is 5.75 Å². The average Bonchev–Trinajstić information content (AvgIpc) is 2.93. The van der Waals surface area contributed by atoms with Crippen LogP contribution >= 0.6 is 15.9 Å². The predicted octanol–water partition coefficient (Wildman–Crippen LogP) is 6.82. The van der Waals surface area contributed by atoms with Gasteiger partial charge in [-0.05, 0) is 46.5 Å². The van der Waals surface area contributed by atoms with E-state index in [1.807, 2.05) is 44.2 Å². The number of nitrogens with zero attached hydrogens (tertiary/aromatic N) is 1. The third kappa shape index (κ3) is 6.65. The molecule has 0 aromatic heterocycles. The maximum absolute atomic E-state index is 13.3. The second-order valence-electron chi connectivity index (χ2n) is 7.11. The molecule has 2 aromatic rings. The van der Waals surface area contributed by atoms with Gasteiger partial charge in [0.2, 0.25) is 5.83 Å². The summed E-state index contributed by atoms with van der Waals surface area (Å²) in [5.74, 6) is -2.14. The van der Waals surface area contributed by atoms with Gasteiger partial charge in [-0.2, -0.15) is 4.39 Å². The number of para-hydroxylation sites is 1. The van der Waals surface area contributed by atoms with Crippen molar-refractivity contribution >= 4 is 44.1 Å². The van der Waals surface area contributed by atoms with E-state index in [2.05, 4.69) is 27.8 Å². The van der Waals surface area contributed by atoms with Crippen molar-refractivity contribution in [2.75, 3.05) is 17.2 Å². The van der Waals surface area contributed by atoms with E-state index in [1.165, 1.54) is 0 Å². The summed E-state index contributed by atoms with van der Waals surface area (Å²) in [6, 6.07) is 13.3. The third-order valence-electron chi connectivity index (χ3n) is 4.90. The second-order valence-corrected chi connectivity index (χ2v) is 9.42. The fourth-order valence-electron chi connectivity index (χ4n) is 3.41. The van der Waals surface area contributed by atoms with Crippen LogP contribution in [0, 0.1) is 5.92 Å². The minimum absolute atomic E-state index is 0.207. The average molecular weight is 526 g/mol. The topological polar surface area (TPSA) is 66.8 Å². The summed E-state index contributed by atoms with van der Waals surface area (Å²) in [4.78, 5) is 13.4. The molecule has 0 saturated heterocycles. The fraction of sp³-hybridized carbons (Fsp3) is 0.375. The van der Waals surface area contributed by atoms with Gasteiger partial charge in [0.25, 0.3) is 0 Å². The molecule has 0 radical (unpaired) electrons. The highest BCUT2D eigenvalue weighted by molar-refractivity contribution is 9.10. The maximum Gasteiger partial charge on any atom is 0.368 e. The van der Waals surface area contributed by atoms with E-state index in [9.17, 15) is 13.4 Å². The number of rotatable bonds is 7. The molecule has 1 aliphatic rings. The number of hydrogen-bond acceptors (Lipinski definition) is 4. The minimum atomic E-state index is -1.71. The molecule has 8 heteroatoms. The van der Waals surface area contributed by atoms with E-state index in [-0.39, 0.29) is 11.7 Å². The van der Waals surface area contributed by atoms with Crippen LogP contribution in [0.1, 0.15) is 40.0 Å². The molecule has 32 heavy (non-hydrogen) atoms. The predicted molar refractivity (Wildman–Crippen MR) is 131 cm³/mol. The highest BCUT2D eigenvalue weighted by atomic mass is 79.9. The Morgan fingerprint density at radius 1 is 1.31 bits per heavy atom. The van der Waals surface area contributed by atoms with E-state index in [0.717, 1.165) is 37.2 Å². The van der Waals surface area contributed by atoms with Crippen LogP contribution in [0.2, 0.25) is 0 Å². The van der Waals surface area contributed by atoms with Gasteiger partial charge < -0.3 is 14.7 Å². The van der Waals surface area contributed by atoms with Crippen LogP contribution in [0.3, 0.4) is 0 Å². The zero-order valence-electron chi connectivity index (χ0n) is 18.5. The van der Waals surface area contributed by atoms with Gasteiger partial charge in [0.15, 0.2) is 0 Å². The number of carbonyl (C=O) groups is 1. The molecule has 174 valence electrons. The first-order valence-electron chi connectivity index (χ1n) is 10.7. The summed E-state index contributed by atoms with van der Waals surface area (Å²) in [6.45, 7) is 6.88. The van der Waals surface area contributed by atoms with Crippen molar-refractivity contribution in [3.63, 3.8) is 0 Å². The highest BCUT2D eigenvalue weighted by Gasteiger charge is 2.28.